The van der Waals surface area contributed by atoms with E-state index in [2.05, 4.69) is 15.3 Å². The highest BCUT2D eigenvalue weighted by Crippen LogP contribution is 2.27. The van der Waals surface area contributed by atoms with Crippen LogP contribution in [0.4, 0.5) is 0 Å². The minimum Gasteiger partial charge on any atom is -0.395 e. The molecule has 0 spiro atoms. The number of aliphatic hydroxyl groups excluding tert-OH is 1. The Balaban J connectivity index is 1.94. The minimum atomic E-state index is 0.291. The summed E-state index contributed by atoms with van der Waals surface area (Å²) in [6.07, 6.45) is 2.60. The summed E-state index contributed by atoms with van der Waals surface area (Å²) < 4.78 is 0. The number of nitrogens with zero attached hydrogens (tertiary/aromatic N) is 2. The summed E-state index contributed by atoms with van der Waals surface area (Å²) in [6, 6.07) is 1.32. The summed E-state index contributed by atoms with van der Waals surface area (Å²) in [4.78, 5) is 2.37. The van der Waals surface area contributed by atoms with Crippen LogP contribution in [0.3, 0.4) is 0 Å². The molecule has 0 aliphatic carbocycles. The first-order valence-corrected chi connectivity index (χ1v) is 5.14. The minimum absolute atomic E-state index is 0.291. The smallest absolute Gasteiger partial charge is 0.0558 e. The number of piperazine rings is 1. The van der Waals surface area contributed by atoms with Gasteiger partial charge in [-0.05, 0) is 19.9 Å². The third-order valence-corrected chi connectivity index (χ3v) is 3.23. The van der Waals surface area contributed by atoms with E-state index in [9.17, 15) is 0 Å². The van der Waals surface area contributed by atoms with E-state index in [1.165, 1.54) is 12.8 Å². The van der Waals surface area contributed by atoms with Gasteiger partial charge in [0, 0.05) is 31.7 Å². The van der Waals surface area contributed by atoms with E-state index in [0.29, 0.717) is 18.7 Å². The van der Waals surface area contributed by atoms with Crippen LogP contribution in [-0.2, 0) is 0 Å². The standard InChI is InChI=1S/C9H19N3O/c1-10-12-8-2-3-9(12)7-11(6-8)4-5-13/h8-10,13H,2-7H2,1H3. The first-order chi connectivity index (χ1) is 6.35. The zero-order chi connectivity index (χ0) is 9.26. The number of hydrazine groups is 1. The Morgan fingerprint density at radius 2 is 1.92 bits per heavy atom. The zero-order valence-corrected chi connectivity index (χ0v) is 8.24. The van der Waals surface area contributed by atoms with Gasteiger partial charge < -0.3 is 5.11 Å². The highest BCUT2D eigenvalue weighted by molar-refractivity contribution is 4.93. The average Bonchev–Trinajstić information content (AvgIpc) is 2.37. The maximum absolute atomic E-state index is 8.86. The van der Waals surface area contributed by atoms with Crippen LogP contribution in [0.2, 0.25) is 0 Å². The highest BCUT2D eigenvalue weighted by Gasteiger charge is 2.38. The molecule has 0 aromatic carbocycles. The van der Waals surface area contributed by atoms with E-state index >= 15 is 0 Å². The van der Waals surface area contributed by atoms with Crippen LogP contribution >= 0.6 is 0 Å². The lowest BCUT2D eigenvalue weighted by Crippen LogP contribution is -2.58. The normalized spacial score (nSPS) is 35.5. The molecular weight excluding hydrogens is 166 g/mol. The van der Waals surface area contributed by atoms with E-state index in [-0.39, 0.29) is 0 Å². The van der Waals surface area contributed by atoms with Crippen molar-refractivity contribution in [2.24, 2.45) is 0 Å². The second-order valence-corrected chi connectivity index (χ2v) is 4.00. The topological polar surface area (TPSA) is 38.7 Å². The third kappa shape index (κ3) is 1.72. The Labute approximate surface area is 79.5 Å². The van der Waals surface area contributed by atoms with E-state index in [0.717, 1.165) is 19.6 Å². The molecule has 0 aromatic rings. The molecular formula is C9H19N3O. The maximum Gasteiger partial charge on any atom is 0.0558 e. The van der Waals surface area contributed by atoms with Gasteiger partial charge in [-0.2, -0.15) is 0 Å². The molecule has 2 bridgehead atoms. The van der Waals surface area contributed by atoms with Crippen molar-refractivity contribution >= 4 is 0 Å². The first kappa shape index (κ1) is 9.40. The molecule has 0 saturated carbocycles. The summed E-state index contributed by atoms with van der Waals surface area (Å²) in [5.41, 5.74) is 3.27. The Kier molecular flexibility index (Phi) is 2.83. The molecule has 2 aliphatic rings. The predicted molar refractivity (Wildman–Crippen MR) is 51.2 cm³/mol. The summed E-state index contributed by atoms with van der Waals surface area (Å²) in [5, 5.41) is 11.2. The summed E-state index contributed by atoms with van der Waals surface area (Å²) in [5.74, 6) is 0. The maximum atomic E-state index is 8.86. The van der Waals surface area contributed by atoms with Crippen LogP contribution in [-0.4, -0.2) is 60.4 Å². The number of rotatable bonds is 3. The number of β-amino-alcohol motifs (C(OH)–C–C–N with tert-alkyl or cyclic N) is 1. The Morgan fingerprint density at radius 3 is 2.38 bits per heavy atom. The molecule has 2 rings (SSSR count). The number of aliphatic hydroxyl groups is 1. The molecule has 2 fully saturated rings. The van der Waals surface area contributed by atoms with Crippen LogP contribution < -0.4 is 5.43 Å². The molecule has 2 aliphatic heterocycles. The van der Waals surface area contributed by atoms with E-state index in [4.69, 9.17) is 5.11 Å². The Bertz CT molecular complexity index is 162. The van der Waals surface area contributed by atoms with Crippen molar-refractivity contribution in [2.75, 3.05) is 33.3 Å². The van der Waals surface area contributed by atoms with Crippen LogP contribution in [0.15, 0.2) is 0 Å². The Morgan fingerprint density at radius 1 is 1.31 bits per heavy atom. The summed E-state index contributed by atoms with van der Waals surface area (Å²) in [6.45, 7) is 3.35. The van der Waals surface area contributed by atoms with Crippen LogP contribution in [0, 0.1) is 0 Å². The van der Waals surface area contributed by atoms with Gasteiger partial charge in [-0.1, -0.05) is 0 Å². The van der Waals surface area contributed by atoms with E-state index < -0.39 is 0 Å². The molecule has 2 unspecified atom stereocenters. The fourth-order valence-electron chi connectivity index (χ4n) is 2.68. The number of hydrogen-bond acceptors (Lipinski definition) is 4. The van der Waals surface area contributed by atoms with Crippen molar-refractivity contribution in [2.45, 2.75) is 24.9 Å². The molecule has 2 atom stereocenters. The number of hydrogen-bond donors (Lipinski definition) is 2. The van der Waals surface area contributed by atoms with Crippen molar-refractivity contribution in [1.29, 1.82) is 0 Å². The van der Waals surface area contributed by atoms with E-state index in [1.54, 1.807) is 0 Å². The highest BCUT2D eigenvalue weighted by atomic mass is 16.3. The van der Waals surface area contributed by atoms with Gasteiger partial charge in [0.1, 0.15) is 0 Å². The van der Waals surface area contributed by atoms with Gasteiger partial charge in [0.2, 0.25) is 0 Å². The molecule has 0 aromatic heterocycles. The molecule has 2 N–H and O–H groups in total. The number of nitrogens with one attached hydrogen (secondary N) is 1. The molecule has 0 amide bonds. The Hall–Kier alpha value is -0.160. The second-order valence-electron chi connectivity index (χ2n) is 4.00. The zero-order valence-electron chi connectivity index (χ0n) is 8.24. The van der Waals surface area contributed by atoms with Gasteiger partial charge in [-0.15, -0.1) is 0 Å². The van der Waals surface area contributed by atoms with Gasteiger partial charge in [0.05, 0.1) is 6.61 Å². The molecule has 2 heterocycles. The summed E-state index contributed by atoms with van der Waals surface area (Å²) >= 11 is 0. The number of fused-ring (bicyclic) bond motifs is 2. The van der Waals surface area contributed by atoms with Gasteiger partial charge in [0.15, 0.2) is 0 Å². The van der Waals surface area contributed by atoms with Crippen LogP contribution in [0.5, 0.6) is 0 Å². The quantitative estimate of drug-likeness (QED) is 0.607. The molecule has 76 valence electrons. The fraction of sp³-hybridized carbons (Fsp3) is 1.00. The van der Waals surface area contributed by atoms with Crippen molar-refractivity contribution in [3.8, 4) is 0 Å². The van der Waals surface area contributed by atoms with Crippen molar-refractivity contribution in [1.82, 2.24) is 15.3 Å². The lowest BCUT2D eigenvalue weighted by Gasteiger charge is -2.40. The molecule has 13 heavy (non-hydrogen) atoms. The molecule has 4 heteroatoms. The van der Waals surface area contributed by atoms with Gasteiger partial charge in [-0.25, -0.2) is 5.01 Å². The average molecular weight is 185 g/mol. The number of likely N-dealkylation sites (tertiary alicyclic amines) is 1. The second kappa shape index (κ2) is 3.92. The van der Waals surface area contributed by atoms with Crippen molar-refractivity contribution in [3.05, 3.63) is 0 Å². The SMILES string of the molecule is CNN1C2CCC1CN(CCO)C2. The first-order valence-electron chi connectivity index (χ1n) is 5.14. The third-order valence-electron chi connectivity index (χ3n) is 3.23. The molecule has 2 saturated heterocycles. The molecule has 0 radical (unpaired) electrons. The van der Waals surface area contributed by atoms with Gasteiger partial charge in [0.25, 0.3) is 0 Å². The lowest BCUT2D eigenvalue weighted by atomic mass is 10.2. The van der Waals surface area contributed by atoms with Gasteiger partial charge >= 0.3 is 0 Å². The van der Waals surface area contributed by atoms with Crippen molar-refractivity contribution in [3.63, 3.8) is 0 Å². The summed E-state index contributed by atoms with van der Waals surface area (Å²) in [7, 11) is 2.01. The van der Waals surface area contributed by atoms with Crippen LogP contribution in [0.1, 0.15) is 12.8 Å². The van der Waals surface area contributed by atoms with E-state index in [1.807, 2.05) is 7.05 Å². The molecule has 4 nitrogen and oxygen atoms in total. The monoisotopic (exact) mass is 185 g/mol. The lowest BCUT2D eigenvalue weighted by molar-refractivity contribution is 0.0268. The largest absolute Gasteiger partial charge is 0.395 e. The van der Waals surface area contributed by atoms with Crippen molar-refractivity contribution < 1.29 is 5.11 Å². The fourth-order valence-corrected chi connectivity index (χ4v) is 2.68. The van der Waals surface area contributed by atoms with Gasteiger partial charge in [-0.3, -0.25) is 10.3 Å². The predicted octanol–water partition coefficient (Wildman–Crippen LogP) is -0.738. The van der Waals surface area contributed by atoms with Crippen LogP contribution in [0.25, 0.3) is 0 Å².